The zero-order chi connectivity index (χ0) is 27.7. The molecule has 11 nitrogen and oxygen atoms in total. The lowest BCUT2D eigenvalue weighted by molar-refractivity contribution is -0.130. The Morgan fingerprint density at radius 2 is 1.85 bits per heavy atom. The number of hydrogen-bond acceptors (Lipinski definition) is 7. The van der Waals surface area contributed by atoms with Crippen molar-refractivity contribution in [1.82, 2.24) is 19.8 Å². The smallest absolute Gasteiger partial charge is 0.294 e. The fraction of sp³-hybridized carbons (Fsp3) is 0.407. The lowest BCUT2D eigenvalue weighted by Gasteiger charge is -2.34. The summed E-state index contributed by atoms with van der Waals surface area (Å²) < 4.78 is 5.88. The number of hydrogen-bond donors (Lipinski definition) is 2. The number of carbonyl (C=O) groups is 4. The van der Waals surface area contributed by atoms with E-state index in [0.717, 1.165) is 25.8 Å². The standard InChI is InChI=1S/C27H29ClN6O5/c1-33(2)27(38)23-21-18(11-12-29-23)39-24(26(37)31-19-10-7-16(28)14-30-19)22(21)32-25(36)15-5-8-17(9-6-15)34-13-3-4-20(34)35/h7,10-12,14-15,17H,3-6,8-9,13H2,1-2H3,(H,32,36)(H,30,31,37). The van der Waals surface area contributed by atoms with Crippen LogP contribution in [-0.4, -0.2) is 70.1 Å². The van der Waals surface area contributed by atoms with Gasteiger partial charge in [-0.15, -0.1) is 0 Å². The maximum atomic E-state index is 13.5. The Morgan fingerprint density at radius 3 is 2.49 bits per heavy atom. The molecular weight excluding hydrogens is 524 g/mol. The molecule has 4 heterocycles. The summed E-state index contributed by atoms with van der Waals surface area (Å²) in [6.45, 7) is 0.776. The third kappa shape index (κ3) is 5.44. The molecule has 0 atom stereocenters. The van der Waals surface area contributed by atoms with Crippen molar-refractivity contribution in [2.75, 3.05) is 31.3 Å². The second-order valence-corrected chi connectivity index (χ2v) is 10.5. The lowest BCUT2D eigenvalue weighted by Crippen LogP contribution is -2.40. The molecule has 3 aromatic heterocycles. The van der Waals surface area contributed by atoms with Crippen LogP contribution >= 0.6 is 11.6 Å². The fourth-order valence-corrected chi connectivity index (χ4v) is 5.36. The van der Waals surface area contributed by atoms with Gasteiger partial charge in [0.1, 0.15) is 22.8 Å². The van der Waals surface area contributed by atoms with E-state index in [9.17, 15) is 19.2 Å². The van der Waals surface area contributed by atoms with E-state index in [4.69, 9.17) is 16.0 Å². The number of carbonyl (C=O) groups excluding carboxylic acids is 4. The van der Waals surface area contributed by atoms with E-state index in [-0.39, 0.29) is 57.7 Å². The summed E-state index contributed by atoms with van der Waals surface area (Å²) in [5.41, 5.74) is 0.365. The van der Waals surface area contributed by atoms with Crippen LogP contribution in [0.3, 0.4) is 0 Å². The summed E-state index contributed by atoms with van der Waals surface area (Å²) in [6.07, 6.45) is 6.95. The van der Waals surface area contributed by atoms with E-state index in [1.165, 1.54) is 29.4 Å². The molecular formula is C27H29ClN6O5. The van der Waals surface area contributed by atoms with Crippen LogP contribution < -0.4 is 10.6 Å². The van der Waals surface area contributed by atoms with Crippen molar-refractivity contribution in [2.24, 2.45) is 5.92 Å². The zero-order valence-corrected chi connectivity index (χ0v) is 22.5. The molecule has 0 spiro atoms. The number of aromatic nitrogens is 2. The summed E-state index contributed by atoms with van der Waals surface area (Å²) in [7, 11) is 3.18. The molecule has 0 aromatic carbocycles. The average molecular weight is 553 g/mol. The van der Waals surface area contributed by atoms with Gasteiger partial charge in [-0.3, -0.25) is 24.2 Å². The van der Waals surface area contributed by atoms with Gasteiger partial charge in [-0.05, 0) is 50.3 Å². The van der Waals surface area contributed by atoms with Gasteiger partial charge >= 0.3 is 0 Å². The Balaban J connectivity index is 1.43. The molecule has 2 fully saturated rings. The Hall–Kier alpha value is -3.99. The number of nitrogens with one attached hydrogen (secondary N) is 2. The normalized spacial score (nSPS) is 19.3. The van der Waals surface area contributed by atoms with Crippen LogP contribution in [0.5, 0.6) is 0 Å². The monoisotopic (exact) mass is 552 g/mol. The average Bonchev–Trinajstić information content (AvgIpc) is 3.53. The lowest BCUT2D eigenvalue weighted by atomic mass is 9.84. The van der Waals surface area contributed by atoms with Crippen LogP contribution in [0, 0.1) is 5.92 Å². The number of amides is 4. The van der Waals surface area contributed by atoms with Gasteiger partial charge in [-0.25, -0.2) is 4.98 Å². The van der Waals surface area contributed by atoms with Gasteiger partial charge in [-0.1, -0.05) is 11.6 Å². The molecule has 5 rings (SSSR count). The first-order valence-corrected chi connectivity index (χ1v) is 13.3. The minimum atomic E-state index is -0.657. The van der Waals surface area contributed by atoms with Crippen molar-refractivity contribution in [1.29, 1.82) is 0 Å². The number of likely N-dealkylation sites (tertiary alicyclic amines) is 1. The molecule has 0 unspecified atom stereocenters. The predicted molar refractivity (Wildman–Crippen MR) is 145 cm³/mol. The zero-order valence-electron chi connectivity index (χ0n) is 21.7. The molecule has 3 aromatic rings. The molecule has 2 aliphatic rings. The van der Waals surface area contributed by atoms with E-state index in [1.807, 2.05) is 4.90 Å². The molecule has 1 saturated heterocycles. The van der Waals surface area contributed by atoms with Gasteiger partial charge in [0.15, 0.2) is 0 Å². The van der Waals surface area contributed by atoms with E-state index >= 15 is 0 Å². The number of furan rings is 1. The SMILES string of the molecule is CN(C)C(=O)c1nccc2oc(C(=O)Nc3ccc(Cl)cn3)c(NC(=O)C3CCC(N4CCCC4=O)CC3)c12. The molecule has 204 valence electrons. The Labute approximate surface area is 229 Å². The second kappa shape index (κ2) is 11.0. The minimum absolute atomic E-state index is 0.0523. The Kier molecular flexibility index (Phi) is 7.51. The highest BCUT2D eigenvalue weighted by atomic mass is 35.5. The van der Waals surface area contributed by atoms with Crippen LogP contribution in [0.2, 0.25) is 5.02 Å². The third-order valence-electron chi connectivity index (χ3n) is 7.25. The Morgan fingerprint density at radius 1 is 1.08 bits per heavy atom. The van der Waals surface area contributed by atoms with Crippen molar-refractivity contribution in [3.63, 3.8) is 0 Å². The quantitative estimate of drug-likeness (QED) is 0.472. The molecule has 0 bridgehead atoms. The van der Waals surface area contributed by atoms with Gasteiger partial charge in [0.2, 0.25) is 17.6 Å². The molecule has 1 aliphatic carbocycles. The molecule has 0 radical (unpaired) electrons. The first-order valence-electron chi connectivity index (χ1n) is 12.9. The summed E-state index contributed by atoms with van der Waals surface area (Å²) in [6, 6.07) is 4.80. The first-order chi connectivity index (χ1) is 18.7. The summed E-state index contributed by atoms with van der Waals surface area (Å²) in [4.78, 5) is 63.5. The molecule has 4 amide bonds. The summed E-state index contributed by atoms with van der Waals surface area (Å²) >= 11 is 5.90. The highest BCUT2D eigenvalue weighted by molar-refractivity contribution is 6.30. The van der Waals surface area contributed by atoms with Crippen LogP contribution in [0.1, 0.15) is 59.6 Å². The van der Waals surface area contributed by atoms with Crippen molar-refractivity contribution in [2.45, 2.75) is 44.6 Å². The number of halogens is 1. The van der Waals surface area contributed by atoms with E-state index in [1.54, 1.807) is 20.2 Å². The van der Waals surface area contributed by atoms with Gasteiger partial charge in [0.25, 0.3) is 11.8 Å². The molecule has 39 heavy (non-hydrogen) atoms. The van der Waals surface area contributed by atoms with E-state index < -0.39 is 11.8 Å². The maximum Gasteiger partial charge on any atom is 0.294 e. The van der Waals surface area contributed by atoms with E-state index in [0.29, 0.717) is 24.3 Å². The summed E-state index contributed by atoms with van der Waals surface area (Å²) in [5, 5.41) is 6.18. The molecule has 12 heteroatoms. The number of fused-ring (bicyclic) bond motifs is 1. The number of pyridine rings is 2. The van der Waals surface area contributed by atoms with Gasteiger partial charge < -0.3 is 24.9 Å². The van der Waals surface area contributed by atoms with Crippen molar-refractivity contribution in [3.8, 4) is 0 Å². The number of anilines is 2. The van der Waals surface area contributed by atoms with Crippen molar-refractivity contribution < 1.29 is 23.6 Å². The highest BCUT2D eigenvalue weighted by Gasteiger charge is 2.35. The molecule has 2 N–H and O–H groups in total. The van der Waals surface area contributed by atoms with E-state index in [2.05, 4.69) is 20.6 Å². The number of nitrogens with zero attached hydrogens (tertiary/aromatic N) is 4. The predicted octanol–water partition coefficient (Wildman–Crippen LogP) is 3.95. The topological polar surface area (TPSA) is 138 Å². The van der Waals surface area contributed by atoms with Crippen molar-refractivity contribution >= 4 is 57.7 Å². The Bertz CT molecular complexity index is 1430. The fourth-order valence-electron chi connectivity index (χ4n) is 5.25. The van der Waals surface area contributed by atoms with Crippen LogP contribution in [0.15, 0.2) is 35.0 Å². The van der Waals surface area contributed by atoms with Crippen LogP contribution in [-0.2, 0) is 9.59 Å². The minimum Gasteiger partial charge on any atom is -0.448 e. The van der Waals surface area contributed by atoms with Crippen LogP contribution in [0.4, 0.5) is 11.5 Å². The molecule has 1 saturated carbocycles. The van der Waals surface area contributed by atoms with Gasteiger partial charge in [0.05, 0.1) is 10.4 Å². The summed E-state index contributed by atoms with van der Waals surface area (Å²) in [5.74, 6) is -1.41. The van der Waals surface area contributed by atoms with Crippen LogP contribution in [0.25, 0.3) is 11.0 Å². The van der Waals surface area contributed by atoms with Gasteiger partial charge in [0, 0.05) is 51.4 Å². The maximum absolute atomic E-state index is 13.5. The highest BCUT2D eigenvalue weighted by Crippen LogP contribution is 2.36. The second-order valence-electron chi connectivity index (χ2n) is 10.0. The third-order valence-corrected chi connectivity index (χ3v) is 7.48. The largest absolute Gasteiger partial charge is 0.448 e. The molecule has 1 aliphatic heterocycles. The van der Waals surface area contributed by atoms with Gasteiger partial charge in [-0.2, -0.15) is 0 Å². The van der Waals surface area contributed by atoms with Crippen molar-refractivity contribution in [3.05, 3.63) is 47.1 Å². The number of rotatable bonds is 6. The first kappa shape index (κ1) is 26.6.